The third kappa shape index (κ3) is 7.19. The molecule has 138 valence electrons. The van der Waals surface area contributed by atoms with Gasteiger partial charge in [-0.25, -0.2) is 12.7 Å². The molecular weight excluding hydrogens is 463 g/mol. The molecule has 2 N–H and O–H groups in total. The van der Waals surface area contributed by atoms with Crippen molar-refractivity contribution in [2.75, 3.05) is 50.5 Å². The van der Waals surface area contributed by atoms with Gasteiger partial charge < -0.3 is 15.1 Å². The van der Waals surface area contributed by atoms with Crippen LogP contribution >= 0.6 is 35.7 Å². The van der Waals surface area contributed by atoms with Crippen LogP contribution in [0.3, 0.4) is 0 Å². The second-order valence-corrected chi connectivity index (χ2v) is 8.40. The molecule has 2 heterocycles. The van der Waals surface area contributed by atoms with Crippen LogP contribution in [0.5, 0.6) is 0 Å². The Morgan fingerprint density at radius 2 is 2.04 bits per heavy atom. The molecule has 2 rings (SSSR count). The molecule has 1 aromatic rings. The molecule has 0 aromatic carbocycles. The van der Waals surface area contributed by atoms with E-state index >= 15 is 0 Å². The van der Waals surface area contributed by atoms with Crippen LogP contribution in [-0.4, -0.2) is 69.2 Å². The highest BCUT2D eigenvalue weighted by atomic mass is 127. The van der Waals surface area contributed by atoms with Gasteiger partial charge in [0.2, 0.25) is 10.0 Å². The van der Waals surface area contributed by atoms with E-state index in [0.29, 0.717) is 32.1 Å². The quantitative estimate of drug-likeness (QED) is 0.338. The molecule has 0 aliphatic carbocycles. The van der Waals surface area contributed by atoms with Crippen molar-refractivity contribution < 1.29 is 12.8 Å². The Morgan fingerprint density at radius 3 is 2.67 bits per heavy atom. The predicted octanol–water partition coefficient (Wildman–Crippen LogP) is 0.984. The molecule has 0 unspecified atom stereocenters. The van der Waals surface area contributed by atoms with E-state index in [2.05, 4.69) is 15.6 Å². The summed E-state index contributed by atoms with van der Waals surface area (Å²) in [7, 11) is -1.52. The van der Waals surface area contributed by atoms with Crippen molar-refractivity contribution in [2.24, 2.45) is 4.99 Å². The van der Waals surface area contributed by atoms with Crippen molar-refractivity contribution >= 4 is 51.7 Å². The van der Waals surface area contributed by atoms with E-state index in [-0.39, 0.29) is 29.7 Å². The summed E-state index contributed by atoms with van der Waals surface area (Å²) < 4.78 is 31.3. The van der Waals surface area contributed by atoms with Crippen LogP contribution in [0.15, 0.2) is 27.8 Å². The van der Waals surface area contributed by atoms with Gasteiger partial charge in [0.1, 0.15) is 5.76 Å². The molecule has 0 radical (unpaired) electrons. The Labute approximate surface area is 165 Å². The first kappa shape index (κ1) is 21.6. The molecule has 1 aliphatic rings. The topological polar surface area (TPSA) is 86.9 Å². The Balaban J connectivity index is 0.00000288. The zero-order valence-corrected chi connectivity index (χ0v) is 17.7. The largest absolute Gasteiger partial charge is 0.469 e. The number of thioether (sulfide) groups is 1. The van der Waals surface area contributed by atoms with Crippen molar-refractivity contribution in [3.05, 3.63) is 24.2 Å². The summed E-state index contributed by atoms with van der Waals surface area (Å²) in [6.07, 6.45) is 2.39. The first-order valence-electron chi connectivity index (χ1n) is 7.64. The summed E-state index contributed by atoms with van der Waals surface area (Å²) in [5, 5.41) is 6.18. The standard InChI is InChI=1S/C14H24N4O3S2.HI/c1-15-14(16-5-4-13-3-2-9-21-13)17-6-12-23(19,20)18-7-10-22-11-8-18;/h2-3,9H,4-8,10-12H2,1H3,(H2,15,16,17);1H. The second kappa shape index (κ2) is 11.2. The minimum atomic E-state index is -3.18. The number of halogens is 1. The van der Waals surface area contributed by atoms with E-state index in [1.54, 1.807) is 29.4 Å². The number of furan rings is 1. The zero-order chi connectivity index (χ0) is 16.5. The average molecular weight is 488 g/mol. The Kier molecular flexibility index (Phi) is 10.1. The van der Waals surface area contributed by atoms with Crippen molar-refractivity contribution in [1.82, 2.24) is 14.9 Å². The van der Waals surface area contributed by atoms with Gasteiger partial charge in [-0.05, 0) is 12.1 Å². The fraction of sp³-hybridized carbons (Fsp3) is 0.643. The molecule has 1 aromatic heterocycles. The number of hydrogen-bond acceptors (Lipinski definition) is 5. The smallest absolute Gasteiger partial charge is 0.215 e. The van der Waals surface area contributed by atoms with Crippen LogP contribution in [0.1, 0.15) is 5.76 Å². The molecule has 1 fully saturated rings. The van der Waals surface area contributed by atoms with Gasteiger partial charge in [-0.1, -0.05) is 0 Å². The van der Waals surface area contributed by atoms with Crippen molar-refractivity contribution in [2.45, 2.75) is 6.42 Å². The molecule has 0 bridgehead atoms. The molecule has 0 spiro atoms. The predicted molar refractivity (Wildman–Crippen MR) is 110 cm³/mol. The van der Waals surface area contributed by atoms with Gasteiger partial charge in [0.25, 0.3) is 0 Å². The molecule has 1 aliphatic heterocycles. The van der Waals surface area contributed by atoms with Gasteiger partial charge in [0.05, 0.1) is 12.0 Å². The summed E-state index contributed by atoms with van der Waals surface area (Å²) in [6.45, 7) is 2.24. The number of nitrogens with zero attached hydrogens (tertiary/aromatic N) is 2. The maximum Gasteiger partial charge on any atom is 0.215 e. The molecule has 0 atom stereocenters. The first-order chi connectivity index (χ1) is 11.1. The van der Waals surface area contributed by atoms with Crippen LogP contribution in [-0.2, 0) is 16.4 Å². The third-order valence-electron chi connectivity index (χ3n) is 3.48. The van der Waals surface area contributed by atoms with Crippen molar-refractivity contribution in [1.29, 1.82) is 0 Å². The second-order valence-electron chi connectivity index (χ2n) is 5.08. The number of hydrogen-bond donors (Lipinski definition) is 2. The fourth-order valence-corrected chi connectivity index (χ4v) is 4.72. The third-order valence-corrected chi connectivity index (χ3v) is 6.30. The number of rotatable bonds is 7. The monoisotopic (exact) mass is 488 g/mol. The van der Waals surface area contributed by atoms with Crippen LogP contribution in [0.25, 0.3) is 0 Å². The van der Waals surface area contributed by atoms with Crippen molar-refractivity contribution in [3.63, 3.8) is 0 Å². The van der Waals surface area contributed by atoms with Crippen LogP contribution < -0.4 is 10.6 Å². The minimum Gasteiger partial charge on any atom is -0.469 e. The van der Waals surface area contributed by atoms with Gasteiger partial charge in [-0.2, -0.15) is 11.8 Å². The summed E-state index contributed by atoms with van der Waals surface area (Å²) in [4.78, 5) is 4.09. The highest BCUT2D eigenvalue weighted by molar-refractivity contribution is 14.0. The Hall–Kier alpha value is -0.460. The summed E-state index contributed by atoms with van der Waals surface area (Å²) in [5.74, 6) is 3.33. The molecule has 7 nitrogen and oxygen atoms in total. The summed E-state index contributed by atoms with van der Waals surface area (Å²) in [6, 6.07) is 3.77. The van der Waals surface area contributed by atoms with E-state index in [9.17, 15) is 8.42 Å². The highest BCUT2D eigenvalue weighted by Crippen LogP contribution is 2.12. The molecule has 10 heteroatoms. The molecule has 1 saturated heterocycles. The molecule has 0 amide bonds. The number of sulfonamides is 1. The highest BCUT2D eigenvalue weighted by Gasteiger charge is 2.23. The number of nitrogens with one attached hydrogen (secondary N) is 2. The van der Waals surface area contributed by atoms with E-state index in [4.69, 9.17) is 4.42 Å². The molecule has 0 saturated carbocycles. The Bertz CT molecular complexity index is 587. The SMILES string of the molecule is CN=C(NCCc1ccco1)NCCS(=O)(=O)N1CCSCC1.I. The number of aliphatic imine (C=N–C) groups is 1. The van der Waals surface area contributed by atoms with Crippen LogP contribution in [0, 0.1) is 0 Å². The van der Waals surface area contributed by atoms with E-state index in [0.717, 1.165) is 23.7 Å². The lowest BCUT2D eigenvalue weighted by Gasteiger charge is -2.25. The van der Waals surface area contributed by atoms with Crippen LogP contribution in [0.4, 0.5) is 0 Å². The van der Waals surface area contributed by atoms with Crippen LogP contribution in [0.2, 0.25) is 0 Å². The first-order valence-corrected chi connectivity index (χ1v) is 10.4. The zero-order valence-electron chi connectivity index (χ0n) is 13.7. The fourth-order valence-electron chi connectivity index (χ4n) is 2.23. The van der Waals surface area contributed by atoms with E-state index < -0.39 is 10.0 Å². The Morgan fingerprint density at radius 1 is 1.33 bits per heavy atom. The summed E-state index contributed by atoms with van der Waals surface area (Å²) >= 11 is 1.80. The van der Waals surface area contributed by atoms with Crippen molar-refractivity contribution in [3.8, 4) is 0 Å². The maximum absolute atomic E-state index is 12.2. The average Bonchev–Trinajstić information content (AvgIpc) is 3.07. The normalized spacial score (nSPS) is 16.5. The molecule has 24 heavy (non-hydrogen) atoms. The van der Waals surface area contributed by atoms with Gasteiger partial charge in [0.15, 0.2) is 5.96 Å². The maximum atomic E-state index is 12.2. The number of guanidine groups is 1. The van der Waals surface area contributed by atoms with E-state index in [1.807, 2.05) is 12.1 Å². The lowest BCUT2D eigenvalue weighted by molar-refractivity contribution is 0.443. The van der Waals surface area contributed by atoms with Gasteiger partial charge in [0, 0.05) is 51.2 Å². The summed E-state index contributed by atoms with van der Waals surface area (Å²) in [5.41, 5.74) is 0. The lowest BCUT2D eigenvalue weighted by Crippen LogP contribution is -2.44. The van der Waals surface area contributed by atoms with Gasteiger partial charge >= 0.3 is 0 Å². The lowest BCUT2D eigenvalue weighted by atomic mass is 10.3. The van der Waals surface area contributed by atoms with Gasteiger partial charge in [-0.3, -0.25) is 4.99 Å². The van der Waals surface area contributed by atoms with Gasteiger partial charge in [-0.15, -0.1) is 24.0 Å². The minimum absolute atomic E-state index is 0. The van der Waals surface area contributed by atoms with E-state index in [1.165, 1.54) is 0 Å². The molecular formula is C14H25IN4O3S2.